The van der Waals surface area contributed by atoms with E-state index in [1.807, 2.05) is 0 Å². The van der Waals surface area contributed by atoms with E-state index < -0.39 is 17.5 Å². The first-order chi connectivity index (χ1) is 9.08. The number of nitrogens with zero attached hydrogens (tertiary/aromatic N) is 2. The van der Waals surface area contributed by atoms with E-state index in [0.717, 1.165) is 25.5 Å². The molecule has 0 spiro atoms. The second-order valence-electron chi connectivity index (χ2n) is 4.66. The minimum atomic E-state index is -0.943. The third kappa shape index (κ3) is 3.47. The summed E-state index contributed by atoms with van der Waals surface area (Å²) in [5, 5.41) is 0. The molecule has 2 rings (SSSR count). The number of hydrogen-bond acceptors (Lipinski definition) is 3. The lowest BCUT2D eigenvalue weighted by Gasteiger charge is -2.27. The molecule has 0 bridgehead atoms. The maximum atomic E-state index is 13.5. The van der Waals surface area contributed by atoms with Crippen molar-refractivity contribution in [2.75, 3.05) is 20.2 Å². The van der Waals surface area contributed by atoms with E-state index in [0.29, 0.717) is 19.2 Å². The summed E-state index contributed by atoms with van der Waals surface area (Å²) in [6.45, 7) is 1.08. The van der Waals surface area contributed by atoms with Crippen molar-refractivity contribution in [3.63, 3.8) is 0 Å². The lowest BCUT2D eigenvalue weighted by Crippen LogP contribution is -2.37. The number of pyridine rings is 1. The monoisotopic (exact) mass is 270 g/mol. The van der Waals surface area contributed by atoms with E-state index in [4.69, 9.17) is 4.74 Å². The number of aromatic nitrogens is 1. The number of amides is 1. The van der Waals surface area contributed by atoms with E-state index in [2.05, 4.69) is 4.98 Å². The van der Waals surface area contributed by atoms with Gasteiger partial charge in [0.05, 0.1) is 12.3 Å². The van der Waals surface area contributed by atoms with Gasteiger partial charge < -0.3 is 9.64 Å². The summed E-state index contributed by atoms with van der Waals surface area (Å²) in [7, 11) is 1.56. The van der Waals surface area contributed by atoms with Crippen LogP contribution in [0, 0.1) is 11.6 Å². The Labute approximate surface area is 110 Å². The highest BCUT2D eigenvalue weighted by Crippen LogP contribution is 2.15. The zero-order valence-electron chi connectivity index (χ0n) is 10.7. The zero-order chi connectivity index (χ0) is 13.8. The number of halogens is 2. The smallest absolute Gasteiger partial charge is 0.275 e. The predicted molar refractivity (Wildman–Crippen MR) is 64.7 cm³/mol. The molecule has 0 aromatic carbocycles. The van der Waals surface area contributed by atoms with Crippen molar-refractivity contribution in [1.82, 2.24) is 9.88 Å². The third-order valence-electron chi connectivity index (χ3n) is 3.11. The van der Waals surface area contributed by atoms with Crippen LogP contribution in [0.3, 0.4) is 0 Å². The van der Waals surface area contributed by atoms with E-state index in [9.17, 15) is 13.6 Å². The van der Waals surface area contributed by atoms with Gasteiger partial charge in [0.25, 0.3) is 5.91 Å². The van der Waals surface area contributed by atoms with Gasteiger partial charge in [0, 0.05) is 26.3 Å². The number of hydrogen-bond donors (Lipinski definition) is 0. The van der Waals surface area contributed by atoms with E-state index >= 15 is 0 Å². The van der Waals surface area contributed by atoms with Crippen molar-refractivity contribution >= 4 is 5.91 Å². The summed E-state index contributed by atoms with van der Waals surface area (Å²) < 4.78 is 31.7. The van der Waals surface area contributed by atoms with Crippen molar-refractivity contribution in [2.45, 2.75) is 25.4 Å². The fraction of sp³-hybridized carbons (Fsp3) is 0.538. The van der Waals surface area contributed by atoms with Gasteiger partial charge in [0.2, 0.25) is 0 Å². The third-order valence-corrected chi connectivity index (χ3v) is 3.11. The number of rotatable bonds is 3. The SMILES string of the molecule is CN(CC1CCCCO1)C(=O)c1ncc(F)cc1F. The molecule has 0 saturated carbocycles. The second-order valence-corrected chi connectivity index (χ2v) is 4.66. The molecule has 0 N–H and O–H groups in total. The Morgan fingerprint density at radius 2 is 2.32 bits per heavy atom. The Morgan fingerprint density at radius 1 is 1.53 bits per heavy atom. The van der Waals surface area contributed by atoms with Crippen LogP contribution in [-0.2, 0) is 4.74 Å². The average molecular weight is 270 g/mol. The highest BCUT2D eigenvalue weighted by molar-refractivity contribution is 5.92. The van der Waals surface area contributed by atoms with Crippen molar-refractivity contribution in [3.05, 3.63) is 29.6 Å². The molecule has 1 unspecified atom stereocenters. The van der Waals surface area contributed by atoms with Crippen molar-refractivity contribution in [3.8, 4) is 0 Å². The minimum Gasteiger partial charge on any atom is -0.376 e. The molecular weight excluding hydrogens is 254 g/mol. The summed E-state index contributed by atoms with van der Waals surface area (Å²) in [5.74, 6) is -2.31. The van der Waals surface area contributed by atoms with Crippen LogP contribution in [0.25, 0.3) is 0 Å². The Balaban J connectivity index is 2.01. The van der Waals surface area contributed by atoms with Crippen LogP contribution in [0.5, 0.6) is 0 Å². The second kappa shape index (κ2) is 6.06. The highest BCUT2D eigenvalue weighted by atomic mass is 19.1. The largest absolute Gasteiger partial charge is 0.376 e. The molecule has 1 aromatic rings. The highest BCUT2D eigenvalue weighted by Gasteiger charge is 2.22. The van der Waals surface area contributed by atoms with E-state index in [-0.39, 0.29) is 11.8 Å². The molecule has 1 fully saturated rings. The normalized spacial score (nSPS) is 19.2. The predicted octanol–water partition coefficient (Wildman–Crippen LogP) is 2.00. The number of ether oxygens (including phenoxy) is 1. The maximum Gasteiger partial charge on any atom is 0.275 e. The number of carbonyl (C=O) groups is 1. The van der Waals surface area contributed by atoms with Crippen molar-refractivity contribution in [1.29, 1.82) is 0 Å². The number of carbonyl (C=O) groups excluding carboxylic acids is 1. The van der Waals surface area contributed by atoms with Gasteiger partial charge in [0.1, 0.15) is 5.82 Å². The molecule has 4 nitrogen and oxygen atoms in total. The molecule has 6 heteroatoms. The molecule has 19 heavy (non-hydrogen) atoms. The summed E-state index contributed by atoms with van der Waals surface area (Å²) in [6.07, 6.45) is 3.79. The first-order valence-corrected chi connectivity index (χ1v) is 6.26. The lowest BCUT2D eigenvalue weighted by atomic mass is 10.1. The summed E-state index contributed by atoms with van der Waals surface area (Å²) in [6, 6.07) is 0.658. The van der Waals surface area contributed by atoms with E-state index in [1.165, 1.54) is 4.90 Å². The molecule has 104 valence electrons. The lowest BCUT2D eigenvalue weighted by molar-refractivity contribution is -0.000386. The van der Waals surface area contributed by atoms with E-state index in [1.54, 1.807) is 7.05 Å². The molecule has 1 atom stereocenters. The minimum absolute atomic E-state index is 0.0220. The standard InChI is InChI=1S/C13H16F2N2O2/c1-17(8-10-4-2-3-5-19-10)13(18)12-11(15)6-9(14)7-16-12/h6-7,10H,2-5,8H2,1H3. The molecule has 0 aliphatic carbocycles. The van der Waals surface area contributed by atoms with Crippen LogP contribution in [-0.4, -0.2) is 42.1 Å². The Kier molecular flexibility index (Phi) is 4.42. The molecule has 1 saturated heterocycles. The van der Waals surface area contributed by atoms with Gasteiger partial charge in [-0.15, -0.1) is 0 Å². The Morgan fingerprint density at radius 3 is 2.95 bits per heavy atom. The van der Waals surface area contributed by atoms with Gasteiger partial charge in [-0.3, -0.25) is 4.79 Å². The molecule has 1 aliphatic rings. The van der Waals surface area contributed by atoms with Crippen LogP contribution in [0.15, 0.2) is 12.3 Å². The van der Waals surface area contributed by atoms with Crippen LogP contribution in [0.4, 0.5) is 8.78 Å². The van der Waals surface area contributed by atoms with Gasteiger partial charge in [-0.2, -0.15) is 0 Å². The molecule has 2 heterocycles. The molecule has 0 radical (unpaired) electrons. The fourth-order valence-electron chi connectivity index (χ4n) is 2.09. The summed E-state index contributed by atoms with van der Waals surface area (Å²) >= 11 is 0. The molecule has 1 amide bonds. The van der Waals surface area contributed by atoms with Gasteiger partial charge in [-0.1, -0.05) is 0 Å². The van der Waals surface area contributed by atoms with Gasteiger partial charge in [0.15, 0.2) is 11.5 Å². The molecular formula is C13H16F2N2O2. The summed E-state index contributed by atoms with van der Waals surface area (Å²) in [4.78, 5) is 16.9. The Hall–Kier alpha value is -1.56. The fourth-order valence-corrected chi connectivity index (χ4v) is 2.09. The number of likely N-dealkylation sites (N-methyl/N-ethyl adjacent to an activating group) is 1. The molecule has 1 aromatic heterocycles. The molecule has 1 aliphatic heterocycles. The topological polar surface area (TPSA) is 42.4 Å². The zero-order valence-corrected chi connectivity index (χ0v) is 10.7. The summed E-state index contributed by atoms with van der Waals surface area (Å²) in [5.41, 5.74) is -0.361. The van der Waals surface area contributed by atoms with Crippen LogP contribution in [0.2, 0.25) is 0 Å². The van der Waals surface area contributed by atoms with Gasteiger partial charge in [-0.25, -0.2) is 13.8 Å². The van der Waals surface area contributed by atoms with Crippen LogP contribution < -0.4 is 0 Å². The average Bonchev–Trinajstić information content (AvgIpc) is 2.39. The van der Waals surface area contributed by atoms with Gasteiger partial charge >= 0.3 is 0 Å². The van der Waals surface area contributed by atoms with Crippen LogP contribution in [0.1, 0.15) is 29.8 Å². The van der Waals surface area contributed by atoms with Crippen molar-refractivity contribution in [2.24, 2.45) is 0 Å². The Bertz CT molecular complexity index is 462. The maximum absolute atomic E-state index is 13.5. The first-order valence-electron chi connectivity index (χ1n) is 6.26. The van der Waals surface area contributed by atoms with Crippen molar-refractivity contribution < 1.29 is 18.3 Å². The first kappa shape index (κ1) is 13.9. The van der Waals surface area contributed by atoms with Crippen LogP contribution >= 0.6 is 0 Å². The van der Waals surface area contributed by atoms with Gasteiger partial charge in [-0.05, 0) is 19.3 Å². The quantitative estimate of drug-likeness (QED) is 0.843.